The highest BCUT2D eigenvalue weighted by atomic mass is 19.1. The van der Waals surface area contributed by atoms with Gasteiger partial charge in [0.25, 0.3) is 0 Å². The van der Waals surface area contributed by atoms with Crippen LogP contribution < -0.4 is 0 Å². The molecular formula is C10H21FO. The van der Waals surface area contributed by atoms with Crippen molar-refractivity contribution >= 4 is 0 Å². The molecule has 0 saturated heterocycles. The SMILES string of the molecule is CCCCC(O)CCCCCF. The topological polar surface area (TPSA) is 20.2 Å². The van der Waals surface area contributed by atoms with Gasteiger partial charge in [0.2, 0.25) is 0 Å². The largest absolute Gasteiger partial charge is 0.393 e. The Morgan fingerprint density at radius 2 is 1.75 bits per heavy atom. The quantitative estimate of drug-likeness (QED) is 0.563. The molecule has 1 nitrogen and oxygen atoms in total. The van der Waals surface area contributed by atoms with E-state index in [0.29, 0.717) is 6.42 Å². The molecule has 0 rings (SSSR count). The molecule has 0 aromatic heterocycles. The molecule has 0 aromatic rings. The highest BCUT2D eigenvalue weighted by Gasteiger charge is 2.01. The molecule has 0 fully saturated rings. The number of aliphatic hydroxyl groups excluding tert-OH is 1. The molecule has 0 aliphatic rings. The summed E-state index contributed by atoms with van der Waals surface area (Å²) >= 11 is 0. The fraction of sp³-hybridized carbons (Fsp3) is 1.00. The van der Waals surface area contributed by atoms with Crippen LogP contribution in [0.1, 0.15) is 51.9 Å². The minimum absolute atomic E-state index is 0.149. The summed E-state index contributed by atoms with van der Waals surface area (Å²) in [7, 11) is 0. The van der Waals surface area contributed by atoms with Crippen molar-refractivity contribution in [2.24, 2.45) is 0 Å². The summed E-state index contributed by atoms with van der Waals surface area (Å²) in [4.78, 5) is 0. The number of alkyl halides is 1. The number of halogens is 1. The van der Waals surface area contributed by atoms with Crippen LogP contribution in [0.3, 0.4) is 0 Å². The Labute approximate surface area is 75.0 Å². The summed E-state index contributed by atoms with van der Waals surface area (Å²) in [6, 6.07) is 0. The number of aliphatic hydroxyl groups is 1. The van der Waals surface area contributed by atoms with Crippen LogP contribution in [0.25, 0.3) is 0 Å². The van der Waals surface area contributed by atoms with Gasteiger partial charge in [0.15, 0.2) is 0 Å². The van der Waals surface area contributed by atoms with E-state index in [2.05, 4.69) is 6.92 Å². The standard InChI is InChI=1S/C10H21FO/c1-2-3-7-10(12)8-5-4-6-9-11/h10,12H,2-9H2,1H3. The van der Waals surface area contributed by atoms with Crippen LogP contribution in [0.4, 0.5) is 4.39 Å². The third-order valence-corrected chi connectivity index (χ3v) is 2.06. The zero-order valence-corrected chi connectivity index (χ0v) is 8.06. The van der Waals surface area contributed by atoms with Crippen molar-refractivity contribution in [3.05, 3.63) is 0 Å². The second kappa shape index (κ2) is 8.98. The first-order valence-electron chi connectivity index (χ1n) is 5.05. The third kappa shape index (κ3) is 7.99. The predicted molar refractivity (Wildman–Crippen MR) is 50.0 cm³/mol. The smallest absolute Gasteiger partial charge is 0.0894 e. The Morgan fingerprint density at radius 3 is 2.33 bits per heavy atom. The van der Waals surface area contributed by atoms with Gasteiger partial charge in [-0.3, -0.25) is 4.39 Å². The summed E-state index contributed by atoms with van der Waals surface area (Å²) in [6.45, 7) is 1.90. The Morgan fingerprint density at radius 1 is 1.08 bits per heavy atom. The lowest BCUT2D eigenvalue weighted by Gasteiger charge is -2.08. The van der Waals surface area contributed by atoms with Gasteiger partial charge >= 0.3 is 0 Å². The van der Waals surface area contributed by atoms with Gasteiger partial charge in [0.05, 0.1) is 12.8 Å². The van der Waals surface area contributed by atoms with Crippen molar-refractivity contribution in [3.8, 4) is 0 Å². The van der Waals surface area contributed by atoms with E-state index in [1.165, 1.54) is 0 Å². The van der Waals surface area contributed by atoms with Crippen molar-refractivity contribution < 1.29 is 9.50 Å². The predicted octanol–water partition coefficient (Wildman–Crippen LogP) is 3.07. The van der Waals surface area contributed by atoms with Gasteiger partial charge < -0.3 is 5.11 Å². The molecule has 0 heterocycles. The lowest BCUT2D eigenvalue weighted by molar-refractivity contribution is 0.147. The zero-order chi connectivity index (χ0) is 9.23. The maximum Gasteiger partial charge on any atom is 0.0894 e. The van der Waals surface area contributed by atoms with Gasteiger partial charge in [-0.05, 0) is 19.3 Å². The molecule has 0 radical (unpaired) electrons. The van der Waals surface area contributed by atoms with E-state index in [0.717, 1.165) is 38.5 Å². The minimum atomic E-state index is -0.217. The molecular weight excluding hydrogens is 155 g/mol. The van der Waals surface area contributed by atoms with Crippen molar-refractivity contribution in [3.63, 3.8) is 0 Å². The molecule has 0 bridgehead atoms. The molecule has 0 saturated carbocycles. The molecule has 0 aliphatic heterocycles. The fourth-order valence-electron chi connectivity index (χ4n) is 1.24. The van der Waals surface area contributed by atoms with Crippen LogP contribution in [-0.4, -0.2) is 17.9 Å². The summed E-state index contributed by atoms with van der Waals surface area (Å²) < 4.78 is 11.7. The second-order valence-corrected chi connectivity index (χ2v) is 3.33. The van der Waals surface area contributed by atoms with Crippen molar-refractivity contribution in [1.82, 2.24) is 0 Å². The van der Waals surface area contributed by atoms with Crippen LogP contribution >= 0.6 is 0 Å². The maximum absolute atomic E-state index is 11.7. The summed E-state index contributed by atoms with van der Waals surface area (Å²) in [6.07, 6.45) is 6.39. The number of rotatable bonds is 8. The summed E-state index contributed by atoms with van der Waals surface area (Å²) in [5, 5.41) is 9.39. The lowest BCUT2D eigenvalue weighted by Crippen LogP contribution is -2.05. The third-order valence-electron chi connectivity index (χ3n) is 2.06. The van der Waals surface area contributed by atoms with Crippen LogP contribution in [0.2, 0.25) is 0 Å². The van der Waals surface area contributed by atoms with Crippen LogP contribution in [0.15, 0.2) is 0 Å². The van der Waals surface area contributed by atoms with Crippen molar-refractivity contribution in [1.29, 1.82) is 0 Å². The van der Waals surface area contributed by atoms with Gasteiger partial charge in [-0.15, -0.1) is 0 Å². The van der Waals surface area contributed by atoms with E-state index < -0.39 is 0 Å². The first kappa shape index (κ1) is 11.9. The molecule has 0 amide bonds. The normalized spacial score (nSPS) is 13.2. The first-order chi connectivity index (χ1) is 5.81. The fourth-order valence-corrected chi connectivity index (χ4v) is 1.24. The Bertz CT molecular complexity index is 85.9. The molecule has 0 aliphatic carbocycles. The minimum Gasteiger partial charge on any atom is -0.393 e. The van der Waals surface area contributed by atoms with Crippen molar-refractivity contribution in [2.75, 3.05) is 6.67 Å². The first-order valence-corrected chi connectivity index (χ1v) is 5.05. The van der Waals surface area contributed by atoms with Crippen LogP contribution in [0, 0.1) is 0 Å². The number of hydrogen-bond donors (Lipinski definition) is 1. The highest BCUT2D eigenvalue weighted by Crippen LogP contribution is 2.09. The van der Waals surface area contributed by atoms with Gasteiger partial charge in [-0.1, -0.05) is 32.6 Å². The van der Waals surface area contributed by atoms with Gasteiger partial charge in [-0.25, -0.2) is 0 Å². The number of hydrogen-bond acceptors (Lipinski definition) is 1. The lowest BCUT2D eigenvalue weighted by atomic mass is 10.1. The Balaban J connectivity index is 3.02. The van der Waals surface area contributed by atoms with E-state index in [4.69, 9.17) is 0 Å². The molecule has 0 spiro atoms. The molecule has 0 aromatic carbocycles. The van der Waals surface area contributed by atoms with E-state index in [1.54, 1.807) is 0 Å². The average molecular weight is 176 g/mol. The molecule has 1 atom stereocenters. The summed E-state index contributed by atoms with van der Waals surface area (Å²) in [5.41, 5.74) is 0. The van der Waals surface area contributed by atoms with Gasteiger partial charge in [0, 0.05) is 0 Å². The Hall–Kier alpha value is -0.110. The average Bonchev–Trinajstić information content (AvgIpc) is 2.09. The van der Waals surface area contributed by atoms with E-state index in [9.17, 15) is 9.50 Å². The van der Waals surface area contributed by atoms with Gasteiger partial charge in [0.1, 0.15) is 0 Å². The van der Waals surface area contributed by atoms with E-state index in [1.807, 2.05) is 0 Å². The van der Waals surface area contributed by atoms with E-state index >= 15 is 0 Å². The van der Waals surface area contributed by atoms with Crippen LogP contribution in [0.5, 0.6) is 0 Å². The molecule has 2 heteroatoms. The zero-order valence-electron chi connectivity index (χ0n) is 8.06. The molecule has 1 N–H and O–H groups in total. The van der Waals surface area contributed by atoms with Crippen molar-refractivity contribution in [2.45, 2.75) is 58.0 Å². The monoisotopic (exact) mass is 176 g/mol. The molecule has 74 valence electrons. The summed E-state index contributed by atoms with van der Waals surface area (Å²) in [5.74, 6) is 0. The molecule has 12 heavy (non-hydrogen) atoms. The van der Waals surface area contributed by atoms with Gasteiger partial charge in [-0.2, -0.15) is 0 Å². The Kier molecular flexibility index (Phi) is 8.90. The van der Waals surface area contributed by atoms with Crippen LogP contribution in [-0.2, 0) is 0 Å². The molecule has 1 unspecified atom stereocenters. The number of unbranched alkanes of at least 4 members (excludes halogenated alkanes) is 3. The second-order valence-electron chi connectivity index (χ2n) is 3.33. The van der Waals surface area contributed by atoms with E-state index in [-0.39, 0.29) is 12.8 Å². The maximum atomic E-state index is 11.7. The highest BCUT2D eigenvalue weighted by molar-refractivity contribution is 4.55.